The highest BCUT2D eigenvalue weighted by atomic mass is 15.3. The number of likely N-dealkylation sites (N-methyl/N-ethyl adjacent to an activating group) is 1. The molecule has 2 fully saturated rings. The van der Waals surface area contributed by atoms with Crippen molar-refractivity contribution in [3.05, 3.63) is 23.9 Å². The number of piperazine rings is 1. The number of nitrogens with zero attached hydrogens (tertiary/aromatic N) is 4. The van der Waals surface area contributed by atoms with Crippen LogP contribution >= 0.6 is 0 Å². The number of guanidine groups is 1. The van der Waals surface area contributed by atoms with Crippen molar-refractivity contribution in [2.75, 3.05) is 51.7 Å². The second kappa shape index (κ2) is 8.33. The van der Waals surface area contributed by atoms with E-state index in [9.17, 15) is 0 Å². The Kier molecular flexibility index (Phi) is 5.91. The fourth-order valence-corrected chi connectivity index (χ4v) is 3.12. The van der Waals surface area contributed by atoms with Crippen molar-refractivity contribution in [2.24, 2.45) is 10.9 Å². The van der Waals surface area contributed by atoms with E-state index in [1.807, 2.05) is 13.2 Å². The van der Waals surface area contributed by atoms with Crippen LogP contribution in [-0.4, -0.2) is 62.7 Å². The van der Waals surface area contributed by atoms with Gasteiger partial charge in [0.2, 0.25) is 0 Å². The number of hydrogen-bond donors (Lipinski definition) is 2. The number of nitrogens with one attached hydrogen (secondary N) is 2. The highest BCUT2D eigenvalue weighted by Crippen LogP contribution is 2.25. The average Bonchev–Trinajstić information content (AvgIpc) is 2.57. The van der Waals surface area contributed by atoms with E-state index in [1.165, 1.54) is 24.8 Å². The molecular weight excluding hydrogens is 300 g/mol. The van der Waals surface area contributed by atoms with Crippen molar-refractivity contribution in [1.29, 1.82) is 0 Å². The fraction of sp³-hybridized carbons (Fsp3) is 0.667. The van der Waals surface area contributed by atoms with Crippen LogP contribution in [0.5, 0.6) is 0 Å². The standard InChI is InChI=1S/C18H30N6/c1-19-18(21-13-15-4-3-5-15)22-14-16-6-7-20-17(12-16)24-10-8-23(2)9-11-24/h6-7,12,15H,3-5,8-11,13-14H2,1-2H3,(H2,19,21,22). The first-order chi connectivity index (χ1) is 11.7. The third kappa shape index (κ3) is 4.60. The number of rotatable bonds is 5. The van der Waals surface area contributed by atoms with Gasteiger partial charge >= 0.3 is 0 Å². The van der Waals surface area contributed by atoms with E-state index in [2.05, 4.69) is 49.6 Å². The lowest BCUT2D eigenvalue weighted by molar-refractivity contribution is 0.312. The number of aliphatic imine (C=N–C) groups is 1. The molecule has 2 N–H and O–H groups in total. The molecule has 0 unspecified atom stereocenters. The number of hydrogen-bond acceptors (Lipinski definition) is 4. The minimum absolute atomic E-state index is 0.771. The van der Waals surface area contributed by atoms with Gasteiger partial charge in [0.25, 0.3) is 0 Å². The van der Waals surface area contributed by atoms with Crippen LogP contribution in [0.3, 0.4) is 0 Å². The predicted octanol–water partition coefficient (Wildman–Crippen LogP) is 1.30. The molecule has 1 aromatic rings. The monoisotopic (exact) mass is 330 g/mol. The molecule has 1 aromatic heterocycles. The van der Waals surface area contributed by atoms with Crippen molar-refractivity contribution in [3.63, 3.8) is 0 Å². The number of pyridine rings is 1. The lowest BCUT2D eigenvalue weighted by atomic mass is 9.85. The first kappa shape index (κ1) is 17.0. The minimum atomic E-state index is 0.771. The third-order valence-corrected chi connectivity index (χ3v) is 5.10. The molecule has 6 heteroatoms. The van der Waals surface area contributed by atoms with Gasteiger partial charge in [-0.15, -0.1) is 0 Å². The molecule has 0 radical (unpaired) electrons. The van der Waals surface area contributed by atoms with Crippen LogP contribution in [0.2, 0.25) is 0 Å². The van der Waals surface area contributed by atoms with Crippen molar-refractivity contribution in [3.8, 4) is 0 Å². The van der Waals surface area contributed by atoms with Crippen LogP contribution in [-0.2, 0) is 6.54 Å². The summed E-state index contributed by atoms with van der Waals surface area (Å²) >= 11 is 0. The molecule has 1 saturated carbocycles. The first-order valence-electron chi connectivity index (χ1n) is 9.07. The molecule has 0 aromatic carbocycles. The van der Waals surface area contributed by atoms with Crippen LogP contribution in [0.1, 0.15) is 24.8 Å². The summed E-state index contributed by atoms with van der Waals surface area (Å²) in [6.45, 7) is 6.09. The van der Waals surface area contributed by atoms with E-state index in [0.29, 0.717) is 0 Å². The molecular formula is C18H30N6. The lowest BCUT2D eigenvalue weighted by Crippen LogP contribution is -2.44. The summed E-state index contributed by atoms with van der Waals surface area (Å²) in [5, 5.41) is 6.84. The minimum Gasteiger partial charge on any atom is -0.356 e. The maximum absolute atomic E-state index is 4.55. The van der Waals surface area contributed by atoms with Crippen molar-refractivity contribution < 1.29 is 0 Å². The highest BCUT2D eigenvalue weighted by Gasteiger charge is 2.17. The molecule has 1 aliphatic carbocycles. The van der Waals surface area contributed by atoms with Crippen molar-refractivity contribution in [2.45, 2.75) is 25.8 Å². The van der Waals surface area contributed by atoms with Gasteiger partial charge in [-0.25, -0.2) is 4.98 Å². The summed E-state index contributed by atoms with van der Waals surface area (Å²) in [5.74, 6) is 2.80. The van der Waals surface area contributed by atoms with Gasteiger partial charge in [0.15, 0.2) is 5.96 Å². The second-order valence-electron chi connectivity index (χ2n) is 6.92. The van der Waals surface area contributed by atoms with Crippen LogP contribution < -0.4 is 15.5 Å². The SMILES string of the molecule is CN=C(NCc1ccnc(N2CCN(C)CC2)c1)NCC1CCC1. The molecule has 0 atom stereocenters. The predicted molar refractivity (Wildman–Crippen MR) is 99.5 cm³/mol. The molecule has 2 aliphatic rings. The van der Waals surface area contributed by atoms with Gasteiger partial charge in [-0.2, -0.15) is 0 Å². The van der Waals surface area contributed by atoms with Gasteiger partial charge in [0.1, 0.15) is 5.82 Å². The maximum Gasteiger partial charge on any atom is 0.191 e. The zero-order valence-corrected chi connectivity index (χ0v) is 15.0. The second-order valence-corrected chi connectivity index (χ2v) is 6.92. The zero-order valence-electron chi connectivity index (χ0n) is 15.0. The van der Waals surface area contributed by atoms with Gasteiger partial charge in [-0.1, -0.05) is 6.42 Å². The Hall–Kier alpha value is -1.82. The summed E-state index contributed by atoms with van der Waals surface area (Å²) in [7, 11) is 4.01. The maximum atomic E-state index is 4.55. The lowest BCUT2D eigenvalue weighted by Gasteiger charge is -2.33. The summed E-state index contributed by atoms with van der Waals surface area (Å²) < 4.78 is 0. The van der Waals surface area contributed by atoms with Gasteiger partial charge in [-0.3, -0.25) is 4.99 Å². The van der Waals surface area contributed by atoms with Gasteiger partial charge in [-0.05, 0) is 43.5 Å². The average molecular weight is 330 g/mol. The van der Waals surface area contributed by atoms with Crippen molar-refractivity contribution in [1.82, 2.24) is 20.5 Å². The largest absolute Gasteiger partial charge is 0.356 e. The molecule has 2 heterocycles. The van der Waals surface area contributed by atoms with Gasteiger partial charge < -0.3 is 20.4 Å². The zero-order chi connectivity index (χ0) is 16.8. The number of aromatic nitrogens is 1. The molecule has 24 heavy (non-hydrogen) atoms. The van der Waals surface area contributed by atoms with Crippen LogP contribution in [0, 0.1) is 5.92 Å². The summed E-state index contributed by atoms with van der Waals surface area (Å²) in [4.78, 5) is 13.6. The molecule has 0 bridgehead atoms. The van der Waals surface area contributed by atoms with E-state index >= 15 is 0 Å². The third-order valence-electron chi connectivity index (χ3n) is 5.10. The summed E-state index contributed by atoms with van der Waals surface area (Å²) in [6.07, 6.45) is 5.99. The Labute approximate surface area is 145 Å². The Bertz CT molecular complexity index is 546. The molecule has 6 nitrogen and oxygen atoms in total. The van der Waals surface area contributed by atoms with Gasteiger partial charge in [0.05, 0.1) is 0 Å². The molecule has 0 amide bonds. The number of anilines is 1. The highest BCUT2D eigenvalue weighted by molar-refractivity contribution is 5.79. The van der Waals surface area contributed by atoms with Crippen LogP contribution in [0.15, 0.2) is 23.3 Å². The topological polar surface area (TPSA) is 55.8 Å². The van der Waals surface area contributed by atoms with E-state index in [4.69, 9.17) is 0 Å². The summed E-state index contributed by atoms with van der Waals surface area (Å²) in [6, 6.07) is 4.27. The molecule has 1 aliphatic heterocycles. The molecule has 3 rings (SSSR count). The van der Waals surface area contributed by atoms with Gasteiger partial charge in [0, 0.05) is 52.5 Å². The van der Waals surface area contributed by atoms with E-state index in [-0.39, 0.29) is 0 Å². The van der Waals surface area contributed by atoms with Crippen LogP contribution in [0.25, 0.3) is 0 Å². The quantitative estimate of drug-likeness (QED) is 0.629. The Balaban J connectivity index is 1.50. The fourth-order valence-electron chi connectivity index (χ4n) is 3.12. The van der Waals surface area contributed by atoms with E-state index < -0.39 is 0 Å². The Morgan fingerprint density at radius 1 is 1.25 bits per heavy atom. The van der Waals surface area contributed by atoms with E-state index in [1.54, 1.807) is 0 Å². The smallest absolute Gasteiger partial charge is 0.191 e. The summed E-state index contributed by atoms with van der Waals surface area (Å²) in [5.41, 5.74) is 1.24. The van der Waals surface area contributed by atoms with E-state index in [0.717, 1.165) is 57.0 Å². The molecule has 1 saturated heterocycles. The van der Waals surface area contributed by atoms with Crippen molar-refractivity contribution >= 4 is 11.8 Å². The Morgan fingerprint density at radius 2 is 2.04 bits per heavy atom. The normalized spacial score (nSPS) is 19.9. The molecule has 0 spiro atoms. The Morgan fingerprint density at radius 3 is 2.71 bits per heavy atom. The molecule has 132 valence electrons. The first-order valence-corrected chi connectivity index (χ1v) is 9.07. The van der Waals surface area contributed by atoms with Crippen LogP contribution in [0.4, 0.5) is 5.82 Å².